The van der Waals surface area contributed by atoms with Crippen molar-refractivity contribution in [1.29, 1.82) is 0 Å². The maximum atomic E-state index is 13.6. The van der Waals surface area contributed by atoms with Gasteiger partial charge in [-0.25, -0.2) is 4.79 Å². The van der Waals surface area contributed by atoms with Crippen LogP contribution in [-0.2, 0) is 35.2 Å². The number of carbonyl (C=O) groups excluding carboxylic acids is 5. The Hall–Kier alpha value is -4.28. The lowest BCUT2D eigenvalue weighted by Gasteiger charge is -2.29. The first-order chi connectivity index (χ1) is 22.0. The quantitative estimate of drug-likeness (QED) is 0.0696. The fraction of sp³-hybridized carbons (Fsp3) is 0.613. The van der Waals surface area contributed by atoms with Crippen molar-refractivity contribution in [2.75, 3.05) is 13.2 Å². The summed E-state index contributed by atoms with van der Waals surface area (Å²) >= 11 is 0. The number of nitrogens with two attached hydrogens (primary N) is 2. The van der Waals surface area contributed by atoms with Crippen LogP contribution in [0.3, 0.4) is 0 Å². The second kappa shape index (κ2) is 20.1. The summed E-state index contributed by atoms with van der Waals surface area (Å²) in [5.41, 5.74) is 11.6. The van der Waals surface area contributed by atoms with Crippen LogP contribution >= 0.6 is 0 Å². The molecular formula is C31H51N7O9. The summed E-state index contributed by atoms with van der Waals surface area (Å²) in [7, 11) is 0. The second-order valence-corrected chi connectivity index (χ2v) is 12.1. The van der Waals surface area contributed by atoms with Gasteiger partial charge in [-0.3, -0.25) is 24.0 Å². The number of carboxylic acids is 1. The fourth-order valence-corrected chi connectivity index (χ4v) is 4.43. The fourth-order valence-electron chi connectivity index (χ4n) is 4.43. The molecule has 0 heterocycles. The second-order valence-electron chi connectivity index (χ2n) is 12.1. The number of aromatic hydroxyl groups is 1. The largest absolute Gasteiger partial charge is 0.508 e. The highest BCUT2D eigenvalue weighted by Crippen LogP contribution is 2.13. The first-order valence-corrected chi connectivity index (χ1v) is 15.6. The first-order valence-electron chi connectivity index (χ1n) is 15.6. The van der Waals surface area contributed by atoms with Crippen LogP contribution in [0.15, 0.2) is 24.3 Å². The normalized spacial score (nSPS) is 15.0. The molecule has 1 aromatic carbocycles. The van der Waals surface area contributed by atoms with E-state index in [1.807, 2.05) is 0 Å². The van der Waals surface area contributed by atoms with Crippen LogP contribution in [0.1, 0.15) is 59.4 Å². The van der Waals surface area contributed by atoms with Gasteiger partial charge in [0.1, 0.15) is 36.0 Å². The molecule has 0 radical (unpaired) electrons. The molecule has 5 amide bonds. The Kier molecular flexibility index (Phi) is 17.4. The molecule has 16 heteroatoms. The molecule has 0 saturated heterocycles. The molecule has 1 aromatic rings. The molecule has 0 fully saturated rings. The summed E-state index contributed by atoms with van der Waals surface area (Å²) in [4.78, 5) is 77.0. The summed E-state index contributed by atoms with van der Waals surface area (Å²) in [6, 6.07) is -1.41. The summed E-state index contributed by atoms with van der Waals surface area (Å²) < 4.78 is 0. The van der Waals surface area contributed by atoms with Gasteiger partial charge in [-0.15, -0.1) is 0 Å². The third kappa shape index (κ3) is 13.9. The Morgan fingerprint density at radius 2 is 1.15 bits per heavy atom. The molecule has 0 aliphatic carbocycles. The highest BCUT2D eigenvalue weighted by Gasteiger charge is 2.34. The maximum Gasteiger partial charge on any atom is 0.326 e. The molecular weight excluding hydrogens is 614 g/mol. The zero-order valence-corrected chi connectivity index (χ0v) is 27.6. The predicted molar refractivity (Wildman–Crippen MR) is 172 cm³/mol. The van der Waals surface area contributed by atoms with E-state index in [1.165, 1.54) is 31.2 Å². The van der Waals surface area contributed by atoms with Crippen LogP contribution < -0.4 is 38.1 Å². The minimum Gasteiger partial charge on any atom is -0.508 e. The molecule has 16 nitrogen and oxygen atoms in total. The lowest BCUT2D eigenvalue weighted by atomic mass is 9.98. The maximum absolute atomic E-state index is 13.6. The molecule has 6 atom stereocenters. The number of nitrogens with one attached hydrogen (secondary N) is 5. The smallest absolute Gasteiger partial charge is 0.326 e. The number of hydrogen-bond acceptors (Lipinski definition) is 10. The van der Waals surface area contributed by atoms with Crippen molar-refractivity contribution >= 4 is 35.5 Å². The standard InChI is InChI=1S/C31H51N7O9/c1-16(2)24(38-30(45)25(17(3)4)37-26(41)18(5)33)29(44)35-22(14-19-9-11-20(40)12-10-19)27(42)36-23(15-39)28(43)34-21(31(46)47)8-6-7-13-32/h9-12,16-18,21-25,39-40H,6-8,13-15,32-33H2,1-5H3,(H,34,43)(H,35,44)(H,36,42)(H,37,41)(H,38,45)(H,46,47). The Labute approximate surface area is 274 Å². The zero-order valence-electron chi connectivity index (χ0n) is 27.6. The molecule has 0 saturated carbocycles. The number of phenols is 1. The Morgan fingerprint density at radius 3 is 1.62 bits per heavy atom. The third-order valence-electron chi connectivity index (χ3n) is 7.29. The number of amides is 5. The van der Waals surface area contributed by atoms with Crippen molar-refractivity contribution in [3.05, 3.63) is 29.8 Å². The van der Waals surface area contributed by atoms with Gasteiger partial charge in [0.25, 0.3) is 0 Å². The van der Waals surface area contributed by atoms with Gasteiger partial charge in [-0.1, -0.05) is 39.8 Å². The van der Waals surface area contributed by atoms with Gasteiger partial charge in [-0.05, 0) is 62.3 Å². The van der Waals surface area contributed by atoms with Gasteiger partial charge in [-0.2, -0.15) is 0 Å². The number of aliphatic hydroxyl groups is 1. The minimum absolute atomic E-state index is 0.0336. The molecule has 1 rings (SSSR count). The molecule has 47 heavy (non-hydrogen) atoms. The van der Waals surface area contributed by atoms with E-state index < -0.39 is 84.3 Å². The number of rotatable bonds is 20. The topological polar surface area (TPSA) is 275 Å². The number of unbranched alkanes of at least 4 members (excludes halogenated alkanes) is 1. The number of carbonyl (C=O) groups is 6. The molecule has 264 valence electrons. The van der Waals surface area contributed by atoms with Crippen molar-refractivity contribution in [1.82, 2.24) is 26.6 Å². The molecule has 0 spiro atoms. The average molecular weight is 666 g/mol. The Bertz CT molecular complexity index is 1210. The number of carboxylic acid groups (broad SMARTS) is 1. The van der Waals surface area contributed by atoms with Crippen LogP contribution in [0.4, 0.5) is 0 Å². The first kappa shape index (κ1) is 40.7. The molecule has 0 bridgehead atoms. The highest BCUT2D eigenvalue weighted by atomic mass is 16.4. The number of aliphatic carboxylic acids is 1. The predicted octanol–water partition coefficient (Wildman–Crippen LogP) is -1.78. The monoisotopic (exact) mass is 665 g/mol. The van der Waals surface area contributed by atoms with Gasteiger partial charge in [0.2, 0.25) is 29.5 Å². The van der Waals surface area contributed by atoms with E-state index in [9.17, 15) is 44.1 Å². The van der Waals surface area contributed by atoms with Crippen LogP contribution in [0.25, 0.3) is 0 Å². The van der Waals surface area contributed by atoms with Gasteiger partial charge in [0, 0.05) is 6.42 Å². The molecule has 0 aliphatic heterocycles. The van der Waals surface area contributed by atoms with E-state index in [1.54, 1.807) is 27.7 Å². The highest BCUT2D eigenvalue weighted by molar-refractivity contribution is 5.96. The Morgan fingerprint density at radius 1 is 0.681 bits per heavy atom. The number of aliphatic hydroxyl groups excluding tert-OH is 1. The summed E-state index contributed by atoms with van der Waals surface area (Å²) in [6.45, 7) is 7.69. The SMILES string of the molecule is CC(N)C(=O)NC(C(=O)NC(C(=O)NC(Cc1ccc(O)cc1)C(=O)NC(CO)C(=O)NC(CCCCN)C(=O)O)C(C)C)C(C)C. The van der Waals surface area contributed by atoms with Gasteiger partial charge in [0.05, 0.1) is 12.6 Å². The van der Waals surface area contributed by atoms with E-state index in [4.69, 9.17) is 11.5 Å². The summed E-state index contributed by atoms with van der Waals surface area (Å²) in [5, 5.41) is 41.6. The zero-order chi connectivity index (χ0) is 35.8. The number of phenolic OH excluding ortho intramolecular Hbond substituents is 1. The molecule has 0 aliphatic rings. The van der Waals surface area contributed by atoms with E-state index in [-0.39, 0.29) is 24.5 Å². The van der Waals surface area contributed by atoms with Crippen LogP contribution in [-0.4, -0.2) is 100 Å². The molecule has 12 N–H and O–H groups in total. The van der Waals surface area contributed by atoms with Crippen molar-refractivity contribution in [2.45, 2.75) is 96.6 Å². The van der Waals surface area contributed by atoms with Gasteiger partial charge in [0.15, 0.2) is 0 Å². The van der Waals surface area contributed by atoms with Gasteiger partial charge < -0.3 is 53.4 Å². The molecule has 0 aromatic heterocycles. The number of hydrogen-bond donors (Lipinski definition) is 10. The van der Waals surface area contributed by atoms with Crippen LogP contribution in [0.5, 0.6) is 5.75 Å². The van der Waals surface area contributed by atoms with Crippen molar-refractivity contribution in [2.24, 2.45) is 23.3 Å². The third-order valence-corrected chi connectivity index (χ3v) is 7.29. The van der Waals surface area contributed by atoms with Crippen molar-refractivity contribution in [3.63, 3.8) is 0 Å². The molecule has 6 unspecified atom stereocenters. The van der Waals surface area contributed by atoms with Crippen LogP contribution in [0, 0.1) is 11.8 Å². The van der Waals surface area contributed by atoms with E-state index in [0.29, 0.717) is 24.9 Å². The minimum atomic E-state index is -1.56. The van der Waals surface area contributed by atoms with Gasteiger partial charge >= 0.3 is 5.97 Å². The Balaban J connectivity index is 3.23. The van der Waals surface area contributed by atoms with Crippen LogP contribution in [0.2, 0.25) is 0 Å². The summed E-state index contributed by atoms with van der Waals surface area (Å²) in [5.74, 6) is -5.93. The van der Waals surface area contributed by atoms with Crippen molar-refractivity contribution < 1.29 is 44.1 Å². The van der Waals surface area contributed by atoms with E-state index in [2.05, 4.69) is 26.6 Å². The number of benzene rings is 1. The average Bonchev–Trinajstić information content (AvgIpc) is 3.00. The lowest BCUT2D eigenvalue weighted by Crippen LogP contribution is -2.61. The summed E-state index contributed by atoms with van der Waals surface area (Å²) in [6.07, 6.45) is 0.926. The van der Waals surface area contributed by atoms with E-state index in [0.717, 1.165) is 0 Å². The lowest BCUT2D eigenvalue weighted by molar-refractivity contribution is -0.142. The van der Waals surface area contributed by atoms with Crippen molar-refractivity contribution in [3.8, 4) is 5.75 Å². The van der Waals surface area contributed by atoms with E-state index >= 15 is 0 Å².